The Bertz CT molecular complexity index is 385. The summed E-state index contributed by atoms with van der Waals surface area (Å²) in [6.07, 6.45) is 0. The second-order valence-corrected chi connectivity index (χ2v) is 7.45. The summed E-state index contributed by atoms with van der Waals surface area (Å²) in [5, 5.41) is 1.92. The standard InChI is InChI=1S/C7H8BrClO2S2/c1-5(4-13(9,10)11)7-2-6(8)3-12-7/h2-3,5H,4H2,1H3. The van der Waals surface area contributed by atoms with E-state index in [4.69, 9.17) is 10.7 Å². The van der Waals surface area contributed by atoms with Crippen LogP contribution >= 0.6 is 37.9 Å². The summed E-state index contributed by atoms with van der Waals surface area (Å²) in [6.45, 7) is 1.85. The SMILES string of the molecule is CC(CS(=O)(=O)Cl)c1cc(Br)cs1. The molecule has 1 unspecified atom stereocenters. The molecule has 0 radical (unpaired) electrons. The summed E-state index contributed by atoms with van der Waals surface area (Å²) in [6, 6.07) is 1.91. The fourth-order valence-corrected chi connectivity index (χ4v) is 3.92. The molecule has 0 bridgehead atoms. The summed E-state index contributed by atoms with van der Waals surface area (Å²) >= 11 is 4.84. The first-order valence-corrected chi connectivity index (χ1v) is 7.70. The van der Waals surface area contributed by atoms with E-state index >= 15 is 0 Å². The lowest BCUT2D eigenvalue weighted by Crippen LogP contribution is -2.05. The van der Waals surface area contributed by atoms with Gasteiger partial charge in [0.1, 0.15) is 0 Å². The van der Waals surface area contributed by atoms with Gasteiger partial charge in [0.25, 0.3) is 0 Å². The van der Waals surface area contributed by atoms with Gasteiger partial charge in [-0.1, -0.05) is 6.92 Å². The van der Waals surface area contributed by atoms with Crippen LogP contribution in [0.15, 0.2) is 15.9 Å². The molecule has 0 spiro atoms. The van der Waals surface area contributed by atoms with E-state index in [0.29, 0.717) is 0 Å². The Morgan fingerprint density at radius 1 is 1.69 bits per heavy atom. The lowest BCUT2D eigenvalue weighted by Gasteiger charge is -2.04. The van der Waals surface area contributed by atoms with Crippen LogP contribution in [0.3, 0.4) is 0 Å². The molecule has 0 N–H and O–H groups in total. The van der Waals surface area contributed by atoms with E-state index in [2.05, 4.69) is 15.9 Å². The second-order valence-electron chi connectivity index (χ2n) is 2.77. The van der Waals surface area contributed by atoms with Crippen molar-refractivity contribution in [2.45, 2.75) is 12.8 Å². The molecule has 0 saturated carbocycles. The van der Waals surface area contributed by atoms with Gasteiger partial charge >= 0.3 is 0 Å². The zero-order valence-corrected chi connectivity index (χ0v) is 10.8. The second kappa shape index (κ2) is 4.29. The van der Waals surface area contributed by atoms with E-state index in [1.54, 1.807) is 0 Å². The first kappa shape index (κ1) is 11.5. The molecule has 0 amide bonds. The molecular weight excluding hydrogens is 296 g/mol. The summed E-state index contributed by atoms with van der Waals surface area (Å²) in [5.74, 6) is -0.0552. The quantitative estimate of drug-likeness (QED) is 0.804. The van der Waals surface area contributed by atoms with Gasteiger partial charge in [-0.05, 0) is 22.0 Å². The Morgan fingerprint density at radius 2 is 2.31 bits per heavy atom. The Morgan fingerprint density at radius 3 is 2.69 bits per heavy atom. The molecule has 0 aromatic carbocycles. The molecular formula is C7H8BrClO2S2. The van der Waals surface area contributed by atoms with Gasteiger partial charge in [0.15, 0.2) is 0 Å². The predicted octanol–water partition coefficient (Wildman–Crippen LogP) is 3.18. The van der Waals surface area contributed by atoms with Crippen molar-refractivity contribution in [1.82, 2.24) is 0 Å². The van der Waals surface area contributed by atoms with E-state index in [0.717, 1.165) is 9.35 Å². The maximum Gasteiger partial charge on any atom is 0.233 e. The van der Waals surface area contributed by atoms with Crippen LogP contribution in [0.1, 0.15) is 17.7 Å². The van der Waals surface area contributed by atoms with Crippen LogP contribution in [-0.2, 0) is 9.05 Å². The van der Waals surface area contributed by atoms with Crippen molar-refractivity contribution in [2.75, 3.05) is 5.75 Å². The van der Waals surface area contributed by atoms with Crippen molar-refractivity contribution in [3.8, 4) is 0 Å². The minimum atomic E-state index is -3.40. The van der Waals surface area contributed by atoms with E-state index in [1.165, 1.54) is 11.3 Å². The summed E-state index contributed by atoms with van der Waals surface area (Å²) < 4.78 is 22.5. The van der Waals surface area contributed by atoms with Gasteiger partial charge in [0.05, 0.1) is 5.75 Å². The highest BCUT2D eigenvalue weighted by Gasteiger charge is 2.15. The Hall–Kier alpha value is 0.420. The van der Waals surface area contributed by atoms with Crippen LogP contribution in [-0.4, -0.2) is 14.2 Å². The van der Waals surface area contributed by atoms with Gasteiger partial charge in [0, 0.05) is 31.3 Å². The Balaban J connectivity index is 2.75. The van der Waals surface area contributed by atoms with E-state index in [9.17, 15) is 8.42 Å². The van der Waals surface area contributed by atoms with Crippen molar-refractivity contribution in [3.63, 3.8) is 0 Å². The Kier molecular flexibility index (Phi) is 3.80. The summed E-state index contributed by atoms with van der Waals surface area (Å²) in [4.78, 5) is 1.02. The molecule has 0 aliphatic carbocycles. The number of thiophene rings is 1. The topological polar surface area (TPSA) is 34.1 Å². The third-order valence-corrected chi connectivity index (χ3v) is 4.72. The molecule has 6 heteroatoms. The van der Waals surface area contributed by atoms with E-state index in [1.807, 2.05) is 18.4 Å². The van der Waals surface area contributed by atoms with Gasteiger partial charge in [-0.2, -0.15) is 0 Å². The molecule has 1 rings (SSSR count). The largest absolute Gasteiger partial charge is 0.233 e. The molecule has 0 aliphatic heterocycles. The molecule has 1 atom stereocenters. The van der Waals surface area contributed by atoms with E-state index < -0.39 is 9.05 Å². The van der Waals surface area contributed by atoms with Crippen molar-refractivity contribution >= 4 is 47.0 Å². The highest BCUT2D eigenvalue weighted by atomic mass is 79.9. The minimum absolute atomic E-state index is 0.0124. The molecule has 1 heterocycles. The van der Waals surface area contributed by atoms with Gasteiger partial charge < -0.3 is 0 Å². The maximum absolute atomic E-state index is 10.8. The molecule has 0 saturated heterocycles. The first-order valence-electron chi connectivity index (χ1n) is 3.55. The van der Waals surface area contributed by atoms with Gasteiger partial charge in [-0.15, -0.1) is 11.3 Å². The van der Waals surface area contributed by atoms with Crippen molar-refractivity contribution in [2.24, 2.45) is 0 Å². The smallest absolute Gasteiger partial charge is 0.212 e. The first-order chi connectivity index (χ1) is 5.88. The van der Waals surface area contributed by atoms with Crippen LogP contribution in [0.25, 0.3) is 0 Å². The third-order valence-electron chi connectivity index (χ3n) is 1.52. The molecule has 2 nitrogen and oxygen atoms in total. The van der Waals surface area contributed by atoms with Gasteiger partial charge in [-0.3, -0.25) is 0 Å². The average molecular weight is 304 g/mol. The lowest BCUT2D eigenvalue weighted by molar-refractivity contribution is 0.605. The fraction of sp³-hybridized carbons (Fsp3) is 0.429. The predicted molar refractivity (Wildman–Crippen MR) is 60.1 cm³/mol. The summed E-state index contributed by atoms with van der Waals surface area (Å²) in [7, 11) is 1.75. The normalized spacial score (nSPS) is 14.4. The van der Waals surface area contributed by atoms with Crippen molar-refractivity contribution < 1.29 is 8.42 Å². The third kappa shape index (κ3) is 3.97. The highest BCUT2D eigenvalue weighted by molar-refractivity contribution is 9.10. The zero-order valence-electron chi connectivity index (χ0n) is 6.83. The van der Waals surface area contributed by atoms with Crippen molar-refractivity contribution in [3.05, 3.63) is 20.8 Å². The van der Waals surface area contributed by atoms with Crippen LogP contribution < -0.4 is 0 Å². The number of hydrogen-bond donors (Lipinski definition) is 0. The molecule has 0 fully saturated rings. The summed E-state index contributed by atoms with van der Waals surface area (Å²) in [5.41, 5.74) is 0. The molecule has 13 heavy (non-hydrogen) atoms. The van der Waals surface area contributed by atoms with Gasteiger partial charge in [0.2, 0.25) is 9.05 Å². The minimum Gasteiger partial charge on any atom is -0.212 e. The average Bonchev–Trinajstić information content (AvgIpc) is 2.31. The van der Waals surface area contributed by atoms with E-state index in [-0.39, 0.29) is 11.7 Å². The zero-order chi connectivity index (χ0) is 10.1. The Labute approximate surface area is 94.5 Å². The molecule has 1 aromatic heterocycles. The monoisotopic (exact) mass is 302 g/mol. The molecule has 0 aliphatic rings. The maximum atomic E-state index is 10.8. The molecule has 74 valence electrons. The highest BCUT2D eigenvalue weighted by Crippen LogP contribution is 2.28. The number of hydrogen-bond acceptors (Lipinski definition) is 3. The van der Waals surface area contributed by atoms with Crippen molar-refractivity contribution in [1.29, 1.82) is 0 Å². The van der Waals surface area contributed by atoms with Crippen LogP contribution in [0, 0.1) is 0 Å². The van der Waals surface area contributed by atoms with Crippen LogP contribution in [0.4, 0.5) is 0 Å². The number of rotatable bonds is 3. The van der Waals surface area contributed by atoms with Crippen LogP contribution in [0.5, 0.6) is 0 Å². The molecule has 1 aromatic rings. The van der Waals surface area contributed by atoms with Gasteiger partial charge in [-0.25, -0.2) is 8.42 Å². The lowest BCUT2D eigenvalue weighted by atomic mass is 10.2. The van der Waals surface area contributed by atoms with Crippen LogP contribution in [0.2, 0.25) is 0 Å². The fourth-order valence-electron chi connectivity index (χ4n) is 0.967. The number of halogens is 2.